The molecule has 0 aliphatic rings. The smallest absolute Gasteiger partial charge is 0.506 e. The lowest BCUT2D eigenvalue weighted by Crippen LogP contribution is -2.22. The van der Waals surface area contributed by atoms with Gasteiger partial charge >= 0.3 is 12.4 Å². The Hall–Kier alpha value is -3.50. The number of hydrogen-bond acceptors (Lipinski definition) is 5. The van der Waals surface area contributed by atoms with Gasteiger partial charge in [-0.1, -0.05) is 12.1 Å². The van der Waals surface area contributed by atoms with E-state index < -0.39 is 34.5 Å². The van der Waals surface area contributed by atoms with Gasteiger partial charge in [0.05, 0.1) is 22.4 Å². The highest BCUT2D eigenvalue weighted by molar-refractivity contribution is 6.01. The number of nitrogens with one attached hydrogen (secondary N) is 2. The van der Waals surface area contributed by atoms with Crippen LogP contribution in [0.4, 0.5) is 35.0 Å². The number of rotatable bonds is 4. The number of nitrogens with zero attached hydrogens (tertiary/aromatic N) is 1. The Balaban J connectivity index is 2.12. The number of alkyl halides is 3. The van der Waals surface area contributed by atoms with Gasteiger partial charge in [0.25, 0.3) is 5.69 Å². The van der Waals surface area contributed by atoms with Gasteiger partial charge in [-0.3, -0.25) is 10.1 Å². The molecule has 25 heavy (non-hydrogen) atoms. The monoisotopic (exact) mass is 357 g/mol. The summed E-state index contributed by atoms with van der Waals surface area (Å²) in [6, 6.07) is 6.79. The van der Waals surface area contributed by atoms with Crippen LogP contribution in [-0.4, -0.2) is 22.4 Å². The Bertz CT molecular complexity index is 811. The summed E-state index contributed by atoms with van der Waals surface area (Å²) < 4.78 is 40.8. The van der Waals surface area contributed by atoms with Crippen molar-refractivity contribution in [1.29, 1.82) is 0 Å². The molecular weight excluding hydrogens is 347 g/mol. The fourth-order valence-corrected chi connectivity index (χ4v) is 1.80. The molecule has 0 bridgehead atoms. The average Bonchev–Trinajstić information content (AvgIpc) is 2.49. The van der Waals surface area contributed by atoms with Crippen LogP contribution in [0.5, 0.6) is 11.5 Å². The molecule has 2 aromatic rings. The number of carbonyl (C=O) groups excluding carboxylic acids is 1. The first-order valence-electron chi connectivity index (χ1n) is 6.56. The maximum Gasteiger partial charge on any atom is 0.573 e. The van der Waals surface area contributed by atoms with E-state index in [-0.39, 0.29) is 11.4 Å². The molecule has 2 amide bonds. The quantitative estimate of drug-likeness (QED) is 0.437. The van der Waals surface area contributed by atoms with Crippen LogP contribution in [0.3, 0.4) is 0 Å². The van der Waals surface area contributed by atoms with E-state index in [9.17, 15) is 33.2 Å². The van der Waals surface area contributed by atoms with E-state index in [0.717, 1.165) is 24.3 Å². The van der Waals surface area contributed by atoms with Crippen molar-refractivity contribution in [2.75, 3.05) is 10.6 Å². The molecule has 0 aliphatic carbocycles. The number of nitro groups is 1. The molecule has 132 valence electrons. The van der Waals surface area contributed by atoms with Gasteiger partial charge in [-0.2, -0.15) is 0 Å². The Kier molecular flexibility index (Phi) is 4.96. The number of aromatic hydroxyl groups is 1. The van der Waals surface area contributed by atoms with E-state index in [1.807, 2.05) is 0 Å². The minimum atomic E-state index is -4.94. The average molecular weight is 357 g/mol. The van der Waals surface area contributed by atoms with Crippen LogP contribution >= 0.6 is 0 Å². The summed E-state index contributed by atoms with van der Waals surface area (Å²) in [5, 5.41) is 24.5. The van der Waals surface area contributed by atoms with Crippen molar-refractivity contribution in [3.05, 3.63) is 52.6 Å². The number of halogens is 3. The summed E-state index contributed by atoms with van der Waals surface area (Å²) in [4.78, 5) is 21.7. The Morgan fingerprint density at radius 3 is 2.36 bits per heavy atom. The largest absolute Gasteiger partial charge is 0.573 e. The molecule has 0 fully saturated rings. The molecule has 8 nitrogen and oxygen atoms in total. The number of phenolic OH excluding ortho intramolecular Hbond substituents is 1. The van der Waals surface area contributed by atoms with Crippen LogP contribution in [0.15, 0.2) is 42.5 Å². The van der Waals surface area contributed by atoms with Gasteiger partial charge in [0.1, 0.15) is 5.75 Å². The van der Waals surface area contributed by atoms with Gasteiger partial charge < -0.3 is 20.5 Å². The van der Waals surface area contributed by atoms with Crippen molar-refractivity contribution in [3.63, 3.8) is 0 Å². The van der Waals surface area contributed by atoms with Gasteiger partial charge in [0, 0.05) is 6.07 Å². The van der Waals surface area contributed by atoms with Crippen LogP contribution in [0.2, 0.25) is 0 Å². The standard InChI is InChI=1S/C14H10F3N3O5/c15-14(16,17)25-12-4-2-1-3-10(12)19-13(22)18-9-6-5-8(20(23)24)7-11(9)21/h1-7,21H,(H2,18,19,22). The molecule has 0 saturated carbocycles. The van der Waals surface area contributed by atoms with E-state index in [1.54, 1.807) is 0 Å². The van der Waals surface area contributed by atoms with Crippen LogP contribution in [0.1, 0.15) is 0 Å². The summed E-state index contributed by atoms with van der Waals surface area (Å²) in [6.45, 7) is 0. The number of nitro benzene ring substituents is 1. The minimum absolute atomic E-state index is 0.169. The third-order valence-corrected chi connectivity index (χ3v) is 2.80. The predicted molar refractivity (Wildman–Crippen MR) is 80.5 cm³/mol. The fourth-order valence-electron chi connectivity index (χ4n) is 1.80. The second kappa shape index (κ2) is 6.95. The van der Waals surface area contributed by atoms with Gasteiger partial charge in [0.15, 0.2) is 5.75 Å². The Morgan fingerprint density at radius 2 is 1.76 bits per heavy atom. The van der Waals surface area contributed by atoms with E-state index >= 15 is 0 Å². The molecule has 3 N–H and O–H groups in total. The van der Waals surface area contributed by atoms with Gasteiger partial charge in [-0.15, -0.1) is 13.2 Å². The zero-order valence-electron chi connectivity index (χ0n) is 12.2. The molecule has 0 unspecified atom stereocenters. The zero-order chi connectivity index (χ0) is 18.6. The first-order chi connectivity index (χ1) is 11.7. The SMILES string of the molecule is O=C(Nc1ccc([N+](=O)[O-])cc1O)Nc1ccccc1OC(F)(F)F. The molecule has 0 spiro atoms. The van der Waals surface area contributed by atoms with Crippen molar-refractivity contribution in [2.24, 2.45) is 0 Å². The number of para-hydroxylation sites is 2. The summed E-state index contributed by atoms with van der Waals surface area (Å²) in [5.41, 5.74) is -0.830. The number of phenols is 1. The lowest BCUT2D eigenvalue weighted by molar-refractivity contribution is -0.384. The number of carbonyl (C=O) groups is 1. The van der Waals surface area contributed by atoms with Crippen LogP contribution < -0.4 is 15.4 Å². The van der Waals surface area contributed by atoms with Crippen LogP contribution in [0.25, 0.3) is 0 Å². The molecule has 0 heterocycles. The van der Waals surface area contributed by atoms with Crippen molar-refractivity contribution in [2.45, 2.75) is 6.36 Å². The highest BCUT2D eigenvalue weighted by atomic mass is 19.4. The van der Waals surface area contributed by atoms with Crippen molar-refractivity contribution < 1.29 is 32.7 Å². The summed E-state index contributed by atoms with van der Waals surface area (Å²) >= 11 is 0. The highest BCUT2D eigenvalue weighted by Gasteiger charge is 2.32. The Morgan fingerprint density at radius 1 is 1.12 bits per heavy atom. The van der Waals surface area contributed by atoms with Crippen molar-refractivity contribution in [1.82, 2.24) is 0 Å². The molecule has 0 saturated heterocycles. The number of benzene rings is 2. The molecule has 2 aromatic carbocycles. The van der Waals surface area contributed by atoms with Crippen molar-refractivity contribution >= 4 is 23.1 Å². The summed E-state index contributed by atoms with van der Waals surface area (Å²) in [5.74, 6) is -1.21. The number of amides is 2. The first-order valence-corrected chi connectivity index (χ1v) is 6.56. The highest BCUT2D eigenvalue weighted by Crippen LogP contribution is 2.31. The first kappa shape index (κ1) is 17.8. The predicted octanol–water partition coefficient (Wildman–Crippen LogP) is 3.84. The van der Waals surface area contributed by atoms with E-state index in [4.69, 9.17) is 0 Å². The van der Waals surface area contributed by atoms with Gasteiger partial charge in [-0.25, -0.2) is 4.79 Å². The number of anilines is 2. The third-order valence-electron chi connectivity index (χ3n) is 2.80. The van der Waals surface area contributed by atoms with E-state index in [2.05, 4.69) is 15.4 Å². The number of hydrogen-bond donors (Lipinski definition) is 3. The zero-order valence-corrected chi connectivity index (χ0v) is 12.2. The Labute approximate surface area is 138 Å². The van der Waals surface area contributed by atoms with Crippen LogP contribution in [0, 0.1) is 10.1 Å². The molecule has 0 radical (unpaired) electrons. The molecular formula is C14H10F3N3O5. The molecule has 11 heteroatoms. The van der Waals surface area contributed by atoms with Gasteiger partial charge in [-0.05, 0) is 18.2 Å². The van der Waals surface area contributed by atoms with E-state index in [1.165, 1.54) is 18.2 Å². The normalized spacial score (nSPS) is 10.8. The third kappa shape index (κ3) is 4.99. The molecule has 0 aromatic heterocycles. The topological polar surface area (TPSA) is 114 Å². The lowest BCUT2D eigenvalue weighted by Gasteiger charge is -2.14. The lowest BCUT2D eigenvalue weighted by atomic mass is 10.2. The number of ether oxygens (including phenoxy) is 1. The van der Waals surface area contributed by atoms with E-state index in [0.29, 0.717) is 0 Å². The maximum atomic E-state index is 12.3. The van der Waals surface area contributed by atoms with Crippen LogP contribution in [-0.2, 0) is 0 Å². The van der Waals surface area contributed by atoms with Crippen molar-refractivity contribution in [3.8, 4) is 11.5 Å². The molecule has 0 atom stereocenters. The summed E-state index contributed by atoms with van der Waals surface area (Å²) in [6.07, 6.45) is -4.94. The fraction of sp³-hybridized carbons (Fsp3) is 0.0714. The van der Waals surface area contributed by atoms with Gasteiger partial charge in [0.2, 0.25) is 0 Å². The number of non-ortho nitro benzene ring substituents is 1. The number of urea groups is 1. The molecule has 2 rings (SSSR count). The summed E-state index contributed by atoms with van der Waals surface area (Å²) in [7, 11) is 0. The molecule has 0 aliphatic heterocycles. The maximum absolute atomic E-state index is 12.3. The second-order valence-corrected chi connectivity index (χ2v) is 4.58. The minimum Gasteiger partial charge on any atom is -0.506 e. The second-order valence-electron chi connectivity index (χ2n) is 4.58.